The van der Waals surface area contributed by atoms with Crippen molar-refractivity contribution in [1.82, 2.24) is 10.2 Å². The molecule has 2 fully saturated rings. The van der Waals surface area contributed by atoms with E-state index in [1.807, 2.05) is 0 Å². The zero-order valence-electron chi connectivity index (χ0n) is 10.9. The van der Waals surface area contributed by atoms with Gasteiger partial charge in [-0.1, -0.05) is 11.8 Å². The van der Waals surface area contributed by atoms with Crippen LogP contribution in [-0.2, 0) is 14.3 Å². The number of amides is 2. The summed E-state index contributed by atoms with van der Waals surface area (Å²) in [6.45, 7) is 3.17. The molecule has 2 aliphatic rings. The van der Waals surface area contributed by atoms with Crippen LogP contribution in [0.15, 0.2) is 0 Å². The molecule has 2 atom stereocenters. The van der Waals surface area contributed by atoms with Crippen molar-refractivity contribution in [2.45, 2.75) is 25.8 Å². The second kappa shape index (κ2) is 6.27. The molecule has 0 aliphatic carbocycles. The highest BCUT2D eigenvalue weighted by molar-refractivity contribution is 8.14. The van der Waals surface area contributed by atoms with Crippen LogP contribution in [0.5, 0.6) is 0 Å². The zero-order chi connectivity index (χ0) is 13.8. The van der Waals surface area contributed by atoms with Gasteiger partial charge < -0.3 is 15.0 Å². The molecule has 0 aromatic carbocycles. The van der Waals surface area contributed by atoms with E-state index in [1.165, 1.54) is 0 Å². The van der Waals surface area contributed by atoms with Crippen LogP contribution in [0, 0.1) is 5.92 Å². The van der Waals surface area contributed by atoms with Crippen LogP contribution >= 0.6 is 11.8 Å². The highest BCUT2D eigenvalue weighted by Crippen LogP contribution is 2.21. The summed E-state index contributed by atoms with van der Waals surface area (Å²) < 4.78 is 5.00. The van der Waals surface area contributed by atoms with Crippen LogP contribution < -0.4 is 5.32 Å². The van der Waals surface area contributed by atoms with Crippen molar-refractivity contribution >= 4 is 28.9 Å². The Balaban J connectivity index is 1.91. The van der Waals surface area contributed by atoms with E-state index in [2.05, 4.69) is 5.32 Å². The lowest BCUT2D eigenvalue weighted by atomic mass is 9.97. The molecule has 0 aromatic rings. The van der Waals surface area contributed by atoms with Gasteiger partial charge in [0.15, 0.2) is 0 Å². The first kappa shape index (κ1) is 14.2. The molecule has 2 aliphatic heterocycles. The molecule has 0 bridgehead atoms. The van der Waals surface area contributed by atoms with Crippen LogP contribution in [0.2, 0.25) is 0 Å². The SMILES string of the molecule is CCOC(=O)C1CCCN(C(=O)C2CSC(=O)N2)C1. The smallest absolute Gasteiger partial charge is 0.310 e. The third-order valence-electron chi connectivity index (χ3n) is 3.32. The first-order valence-corrected chi connectivity index (χ1v) is 7.49. The van der Waals surface area contributed by atoms with Gasteiger partial charge in [0.05, 0.1) is 12.5 Å². The summed E-state index contributed by atoms with van der Waals surface area (Å²) in [6, 6.07) is -0.446. The summed E-state index contributed by atoms with van der Waals surface area (Å²) in [4.78, 5) is 36.7. The molecule has 6 nitrogen and oxygen atoms in total. The lowest BCUT2D eigenvalue weighted by Gasteiger charge is -2.32. The number of likely N-dealkylation sites (tertiary alicyclic amines) is 1. The molecule has 2 saturated heterocycles. The molecule has 2 rings (SSSR count). The van der Waals surface area contributed by atoms with E-state index in [4.69, 9.17) is 4.74 Å². The summed E-state index contributed by atoms with van der Waals surface area (Å²) in [5.41, 5.74) is 0. The number of esters is 1. The average Bonchev–Trinajstić information content (AvgIpc) is 2.85. The van der Waals surface area contributed by atoms with Crippen LogP contribution in [0.25, 0.3) is 0 Å². The van der Waals surface area contributed by atoms with Gasteiger partial charge >= 0.3 is 5.97 Å². The Kier molecular flexibility index (Phi) is 4.68. The number of ether oxygens (including phenoxy) is 1. The van der Waals surface area contributed by atoms with Gasteiger partial charge in [0.1, 0.15) is 6.04 Å². The minimum atomic E-state index is -0.446. The number of rotatable bonds is 3. The number of nitrogens with one attached hydrogen (secondary N) is 1. The minimum absolute atomic E-state index is 0.0904. The first-order chi connectivity index (χ1) is 9.11. The molecular weight excluding hydrogens is 268 g/mol. The van der Waals surface area contributed by atoms with Gasteiger partial charge in [0, 0.05) is 18.8 Å². The highest BCUT2D eigenvalue weighted by Gasteiger charge is 2.35. The number of hydrogen-bond acceptors (Lipinski definition) is 5. The molecule has 2 unspecified atom stereocenters. The summed E-state index contributed by atoms with van der Waals surface area (Å²) in [5, 5.41) is 2.48. The lowest BCUT2D eigenvalue weighted by molar-refractivity contribution is -0.151. The normalized spacial score (nSPS) is 27.0. The Hall–Kier alpha value is -1.24. The maximum Gasteiger partial charge on any atom is 0.310 e. The fourth-order valence-corrected chi connectivity index (χ4v) is 3.14. The Bertz CT molecular complexity index is 388. The molecule has 7 heteroatoms. The number of nitrogens with zero attached hydrogens (tertiary/aromatic N) is 1. The summed E-state index contributed by atoms with van der Waals surface area (Å²) in [6.07, 6.45) is 1.55. The van der Waals surface area contributed by atoms with Crippen molar-refractivity contribution < 1.29 is 19.1 Å². The van der Waals surface area contributed by atoms with Crippen LogP contribution in [-0.4, -0.2) is 53.5 Å². The largest absolute Gasteiger partial charge is 0.466 e. The van der Waals surface area contributed by atoms with Crippen LogP contribution in [0.3, 0.4) is 0 Å². The van der Waals surface area contributed by atoms with Gasteiger partial charge in [0.25, 0.3) is 5.24 Å². The van der Waals surface area contributed by atoms with Gasteiger partial charge in [-0.3, -0.25) is 14.4 Å². The molecule has 1 N–H and O–H groups in total. The zero-order valence-corrected chi connectivity index (χ0v) is 11.7. The van der Waals surface area contributed by atoms with Gasteiger partial charge in [-0.05, 0) is 19.8 Å². The van der Waals surface area contributed by atoms with E-state index in [0.29, 0.717) is 25.4 Å². The number of hydrogen-bond donors (Lipinski definition) is 1. The molecule has 0 saturated carbocycles. The molecule has 0 aromatic heterocycles. The molecule has 19 heavy (non-hydrogen) atoms. The Morgan fingerprint density at radius 1 is 1.53 bits per heavy atom. The molecule has 0 spiro atoms. The fraction of sp³-hybridized carbons (Fsp3) is 0.750. The van der Waals surface area contributed by atoms with E-state index in [1.54, 1.807) is 11.8 Å². The third kappa shape index (κ3) is 3.40. The molecule has 106 valence electrons. The monoisotopic (exact) mass is 286 g/mol. The maximum atomic E-state index is 12.2. The number of carbonyl (C=O) groups is 3. The predicted molar refractivity (Wildman–Crippen MR) is 70.7 cm³/mol. The quantitative estimate of drug-likeness (QED) is 0.769. The van der Waals surface area contributed by atoms with E-state index < -0.39 is 6.04 Å². The van der Waals surface area contributed by atoms with Crippen molar-refractivity contribution in [2.24, 2.45) is 5.92 Å². The van der Waals surface area contributed by atoms with Crippen molar-refractivity contribution in [3.8, 4) is 0 Å². The fourth-order valence-electron chi connectivity index (χ4n) is 2.37. The molecular formula is C12H18N2O4S. The van der Waals surface area contributed by atoms with Gasteiger partial charge in [-0.15, -0.1) is 0 Å². The summed E-state index contributed by atoms with van der Waals surface area (Å²) >= 11 is 1.12. The highest BCUT2D eigenvalue weighted by atomic mass is 32.2. The Labute approximate surface area is 116 Å². The second-order valence-corrected chi connectivity index (χ2v) is 5.66. The van der Waals surface area contributed by atoms with Crippen LogP contribution in [0.1, 0.15) is 19.8 Å². The number of carbonyl (C=O) groups excluding carboxylic acids is 3. The second-order valence-electron chi connectivity index (χ2n) is 4.67. The van der Waals surface area contributed by atoms with E-state index in [9.17, 15) is 14.4 Å². The van der Waals surface area contributed by atoms with Gasteiger partial charge in [-0.25, -0.2) is 0 Å². The standard InChI is InChI=1S/C12H18N2O4S/c1-2-18-11(16)8-4-3-5-14(6-8)10(15)9-7-19-12(17)13-9/h8-9H,2-7H2,1H3,(H,13,17). The molecule has 0 radical (unpaired) electrons. The summed E-state index contributed by atoms with van der Waals surface area (Å²) in [5.74, 6) is -0.0855. The first-order valence-electron chi connectivity index (χ1n) is 6.50. The Morgan fingerprint density at radius 2 is 2.32 bits per heavy atom. The number of piperidine rings is 1. The van der Waals surface area contributed by atoms with Gasteiger partial charge in [0.2, 0.25) is 5.91 Å². The lowest BCUT2D eigenvalue weighted by Crippen LogP contribution is -2.50. The van der Waals surface area contributed by atoms with E-state index in [-0.39, 0.29) is 23.0 Å². The molecule has 2 amide bonds. The minimum Gasteiger partial charge on any atom is -0.466 e. The van der Waals surface area contributed by atoms with Crippen molar-refractivity contribution in [1.29, 1.82) is 0 Å². The third-order valence-corrected chi connectivity index (χ3v) is 4.20. The van der Waals surface area contributed by atoms with Gasteiger partial charge in [-0.2, -0.15) is 0 Å². The number of thioether (sulfide) groups is 1. The topological polar surface area (TPSA) is 75.7 Å². The maximum absolute atomic E-state index is 12.2. The average molecular weight is 286 g/mol. The Morgan fingerprint density at radius 3 is 2.95 bits per heavy atom. The van der Waals surface area contributed by atoms with Crippen molar-refractivity contribution in [3.05, 3.63) is 0 Å². The van der Waals surface area contributed by atoms with E-state index >= 15 is 0 Å². The van der Waals surface area contributed by atoms with E-state index in [0.717, 1.165) is 24.6 Å². The van der Waals surface area contributed by atoms with Crippen molar-refractivity contribution in [3.63, 3.8) is 0 Å². The van der Waals surface area contributed by atoms with Crippen molar-refractivity contribution in [2.75, 3.05) is 25.4 Å². The van der Waals surface area contributed by atoms with Crippen LogP contribution in [0.4, 0.5) is 4.79 Å². The predicted octanol–water partition coefficient (Wildman–Crippen LogP) is 0.613. The summed E-state index contributed by atoms with van der Waals surface area (Å²) in [7, 11) is 0. The molecule has 2 heterocycles.